The van der Waals surface area contributed by atoms with Crippen molar-refractivity contribution >= 4 is 33.2 Å². The monoisotopic (exact) mass is 488 g/mol. The van der Waals surface area contributed by atoms with Crippen molar-refractivity contribution in [2.45, 2.75) is 11.8 Å². The molecule has 0 aromatic heterocycles. The Hall–Kier alpha value is -3.23. The molecule has 3 rings (SSSR count). The van der Waals surface area contributed by atoms with Crippen molar-refractivity contribution in [3.05, 3.63) is 83.4 Å². The maximum absolute atomic E-state index is 13.5. The van der Waals surface area contributed by atoms with E-state index >= 15 is 0 Å². The van der Waals surface area contributed by atoms with E-state index in [0.717, 1.165) is 9.87 Å². The lowest BCUT2D eigenvalue weighted by Gasteiger charge is -2.25. The van der Waals surface area contributed by atoms with Crippen LogP contribution in [0.4, 0.5) is 5.69 Å². The Morgan fingerprint density at radius 3 is 2.27 bits per heavy atom. The molecule has 3 aromatic carbocycles. The first kappa shape index (κ1) is 24.4. The zero-order chi connectivity index (χ0) is 23.8. The van der Waals surface area contributed by atoms with Crippen LogP contribution in [-0.2, 0) is 14.8 Å². The summed E-state index contributed by atoms with van der Waals surface area (Å²) in [7, 11) is -2.59. The smallest absolute Gasteiger partial charge is 0.264 e. The highest BCUT2D eigenvalue weighted by atomic mass is 35.5. The van der Waals surface area contributed by atoms with Crippen LogP contribution in [-0.4, -0.2) is 41.1 Å². The van der Waals surface area contributed by atoms with Crippen LogP contribution in [0.1, 0.15) is 5.56 Å². The fourth-order valence-electron chi connectivity index (χ4n) is 3.07. The van der Waals surface area contributed by atoms with Crippen LogP contribution in [0.3, 0.4) is 0 Å². The average molecular weight is 489 g/mol. The molecular weight excluding hydrogens is 464 g/mol. The van der Waals surface area contributed by atoms with Crippen LogP contribution in [0.15, 0.2) is 77.7 Å². The molecule has 3 aromatic rings. The van der Waals surface area contributed by atoms with Crippen molar-refractivity contribution in [3.8, 4) is 11.5 Å². The quantitative estimate of drug-likeness (QED) is 0.435. The zero-order valence-electron chi connectivity index (χ0n) is 18.3. The molecule has 0 saturated heterocycles. The molecule has 0 unspecified atom stereocenters. The SMILES string of the molecule is COc1ccccc1N(CC(=O)NCCOc1ccccc1Cl)S(=O)(=O)c1ccc(C)cc1. The number of anilines is 1. The topological polar surface area (TPSA) is 84.9 Å². The van der Waals surface area contributed by atoms with E-state index in [4.69, 9.17) is 21.1 Å². The van der Waals surface area contributed by atoms with E-state index in [1.807, 2.05) is 6.92 Å². The number of nitrogens with zero attached hydrogens (tertiary/aromatic N) is 1. The van der Waals surface area contributed by atoms with Crippen LogP contribution in [0.2, 0.25) is 5.02 Å². The van der Waals surface area contributed by atoms with Gasteiger partial charge in [0.15, 0.2) is 0 Å². The predicted molar refractivity (Wildman–Crippen MR) is 129 cm³/mol. The zero-order valence-corrected chi connectivity index (χ0v) is 19.9. The van der Waals surface area contributed by atoms with E-state index in [-0.39, 0.29) is 23.7 Å². The van der Waals surface area contributed by atoms with Gasteiger partial charge in [-0.1, -0.05) is 53.6 Å². The molecule has 7 nitrogen and oxygen atoms in total. The summed E-state index contributed by atoms with van der Waals surface area (Å²) in [6.45, 7) is 1.79. The number of nitrogens with one attached hydrogen (secondary N) is 1. The molecule has 0 fully saturated rings. The van der Waals surface area contributed by atoms with Gasteiger partial charge >= 0.3 is 0 Å². The molecule has 0 aliphatic rings. The van der Waals surface area contributed by atoms with Gasteiger partial charge in [0, 0.05) is 0 Å². The van der Waals surface area contributed by atoms with E-state index in [1.54, 1.807) is 60.7 Å². The van der Waals surface area contributed by atoms with Crippen molar-refractivity contribution in [1.29, 1.82) is 0 Å². The number of aryl methyl sites for hydroxylation is 1. The fraction of sp³-hybridized carbons (Fsp3) is 0.208. The maximum atomic E-state index is 13.5. The molecule has 0 radical (unpaired) electrons. The first-order valence-electron chi connectivity index (χ1n) is 10.2. The second-order valence-electron chi connectivity index (χ2n) is 7.13. The van der Waals surface area contributed by atoms with Gasteiger partial charge in [-0.2, -0.15) is 0 Å². The van der Waals surface area contributed by atoms with E-state index in [0.29, 0.717) is 16.5 Å². The molecule has 0 spiro atoms. The standard InChI is InChI=1S/C24H25ClN2O5S/c1-18-11-13-19(14-12-18)33(29,30)27(21-8-4-6-10-23(21)31-2)17-24(28)26-15-16-32-22-9-5-3-7-20(22)25/h3-14H,15-17H2,1-2H3,(H,26,28). The fourth-order valence-corrected chi connectivity index (χ4v) is 4.69. The molecule has 174 valence electrons. The Bertz CT molecular complexity index is 1200. The van der Waals surface area contributed by atoms with Crippen molar-refractivity contribution in [2.24, 2.45) is 0 Å². The molecule has 1 N–H and O–H groups in total. The number of carbonyl (C=O) groups is 1. The van der Waals surface area contributed by atoms with E-state index in [1.165, 1.54) is 19.2 Å². The van der Waals surface area contributed by atoms with E-state index < -0.39 is 22.5 Å². The van der Waals surface area contributed by atoms with Crippen molar-refractivity contribution in [3.63, 3.8) is 0 Å². The number of benzene rings is 3. The second kappa shape index (κ2) is 11.1. The van der Waals surface area contributed by atoms with Gasteiger partial charge in [-0.25, -0.2) is 8.42 Å². The van der Waals surface area contributed by atoms with Gasteiger partial charge in [-0.3, -0.25) is 9.10 Å². The predicted octanol–water partition coefficient (Wildman–Crippen LogP) is 4.05. The molecule has 0 atom stereocenters. The molecule has 9 heteroatoms. The Balaban J connectivity index is 1.76. The Morgan fingerprint density at radius 2 is 1.61 bits per heavy atom. The molecule has 1 amide bonds. The minimum Gasteiger partial charge on any atom is -0.495 e. The third kappa shape index (κ3) is 6.18. The van der Waals surface area contributed by atoms with Gasteiger partial charge in [-0.15, -0.1) is 0 Å². The third-order valence-corrected chi connectivity index (χ3v) is 6.85. The van der Waals surface area contributed by atoms with Gasteiger partial charge in [0.25, 0.3) is 10.0 Å². The minimum absolute atomic E-state index is 0.0776. The van der Waals surface area contributed by atoms with Crippen LogP contribution in [0.25, 0.3) is 0 Å². The van der Waals surface area contributed by atoms with Gasteiger partial charge < -0.3 is 14.8 Å². The first-order chi connectivity index (χ1) is 15.8. The van der Waals surface area contributed by atoms with Gasteiger partial charge in [0.2, 0.25) is 5.91 Å². The largest absolute Gasteiger partial charge is 0.495 e. The highest BCUT2D eigenvalue weighted by molar-refractivity contribution is 7.92. The van der Waals surface area contributed by atoms with Gasteiger partial charge in [-0.05, 0) is 43.3 Å². The number of carbonyl (C=O) groups excluding carboxylic acids is 1. The summed E-state index contributed by atoms with van der Waals surface area (Å²) in [5, 5.41) is 3.16. The summed E-state index contributed by atoms with van der Waals surface area (Å²) in [6, 6.07) is 20.1. The number of hydrogen-bond acceptors (Lipinski definition) is 5. The summed E-state index contributed by atoms with van der Waals surface area (Å²) in [5.41, 5.74) is 1.19. The van der Waals surface area contributed by atoms with Crippen LogP contribution >= 0.6 is 11.6 Å². The van der Waals surface area contributed by atoms with Crippen LogP contribution < -0.4 is 19.1 Å². The minimum atomic E-state index is -4.03. The van der Waals surface area contributed by atoms with Crippen LogP contribution in [0, 0.1) is 6.92 Å². The highest BCUT2D eigenvalue weighted by Gasteiger charge is 2.29. The molecule has 0 bridgehead atoms. The number of hydrogen-bond donors (Lipinski definition) is 1. The van der Waals surface area contributed by atoms with Crippen LogP contribution in [0.5, 0.6) is 11.5 Å². The van der Waals surface area contributed by atoms with Crippen molar-refractivity contribution in [1.82, 2.24) is 5.32 Å². The second-order valence-corrected chi connectivity index (χ2v) is 9.39. The molecule has 33 heavy (non-hydrogen) atoms. The number of para-hydroxylation sites is 3. The number of ether oxygens (including phenoxy) is 2. The number of halogens is 1. The Morgan fingerprint density at radius 1 is 0.970 bits per heavy atom. The van der Waals surface area contributed by atoms with E-state index in [2.05, 4.69) is 5.32 Å². The lowest BCUT2D eigenvalue weighted by Crippen LogP contribution is -2.42. The summed E-state index contributed by atoms with van der Waals surface area (Å²) in [5.74, 6) is 0.355. The number of methoxy groups -OCH3 is 1. The molecule has 0 heterocycles. The number of amides is 1. The average Bonchev–Trinajstić information content (AvgIpc) is 2.81. The molecular formula is C24H25ClN2O5S. The van der Waals surface area contributed by atoms with Crippen molar-refractivity contribution < 1.29 is 22.7 Å². The van der Waals surface area contributed by atoms with Gasteiger partial charge in [0.1, 0.15) is 24.7 Å². The highest BCUT2D eigenvalue weighted by Crippen LogP contribution is 2.32. The lowest BCUT2D eigenvalue weighted by atomic mass is 10.2. The molecule has 0 saturated carbocycles. The summed E-state index contributed by atoms with van der Waals surface area (Å²) < 4.78 is 38.9. The van der Waals surface area contributed by atoms with Crippen molar-refractivity contribution in [2.75, 3.05) is 31.1 Å². The Kier molecular flexibility index (Phi) is 8.19. The van der Waals surface area contributed by atoms with Gasteiger partial charge in [0.05, 0.1) is 29.3 Å². The number of rotatable bonds is 10. The Labute approximate surface area is 198 Å². The third-order valence-electron chi connectivity index (χ3n) is 4.77. The van der Waals surface area contributed by atoms with E-state index in [9.17, 15) is 13.2 Å². The maximum Gasteiger partial charge on any atom is 0.264 e. The molecule has 0 aliphatic carbocycles. The number of sulfonamides is 1. The summed E-state index contributed by atoms with van der Waals surface area (Å²) in [6.07, 6.45) is 0. The normalized spacial score (nSPS) is 11.0. The molecule has 0 aliphatic heterocycles. The summed E-state index contributed by atoms with van der Waals surface area (Å²) in [4.78, 5) is 12.8. The first-order valence-corrected chi connectivity index (χ1v) is 12.0. The summed E-state index contributed by atoms with van der Waals surface area (Å²) >= 11 is 6.05. The lowest BCUT2D eigenvalue weighted by molar-refractivity contribution is -0.119.